The van der Waals surface area contributed by atoms with Crippen molar-refractivity contribution in [2.45, 2.75) is 44.7 Å². The van der Waals surface area contributed by atoms with Crippen LogP contribution in [0.3, 0.4) is 0 Å². The Morgan fingerprint density at radius 3 is 2.53 bits per heavy atom. The summed E-state index contributed by atoms with van der Waals surface area (Å²) >= 11 is 0. The van der Waals surface area contributed by atoms with Crippen LogP contribution < -0.4 is 11.1 Å². The summed E-state index contributed by atoms with van der Waals surface area (Å²) in [5.41, 5.74) is 4.37. The van der Waals surface area contributed by atoms with Gasteiger partial charge in [0.2, 0.25) is 5.91 Å². The highest BCUT2D eigenvalue weighted by Gasteiger charge is 2.34. The lowest BCUT2D eigenvalue weighted by Crippen LogP contribution is -2.56. The van der Waals surface area contributed by atoms with Crippen molar-refractivity contribution in [2.75, 3.05) is 13.7 Å². The molecule has 0 saturated heterocycles. The molecule has 0 rings (SSSR count). The summed E-state index contributed by atoms with van der Waals surface area (Å²) in [5.74, 6) is -1.51. The summed E-state index contributed by atoms with van der Waals surface area (Å²) in [4.78, 5) is 22.8. The van der Waals surface area contributed by atoms with Gasteiger partial charge in [0.05, 0.1) is 6.04 Å². The van der Waals surface area contributed by atoms with E-state index in [9.17, 15) is 9.59 Å². The second-order valence-electron chi connectivity index (χ2n) is 4.26. The SMILES string of the molecule is CCCC(C)(NC(=O)C(N)CCOC)C(=O)O. The van der Waals surface area contributed by atoms with E-state index in [2.05, 4.69) is 5.32 Å². The summed E-state index contributed by atoms with van der Waals surface area (Å²) in [6.07, 6.45) is 1.39. The molecule has 0 aliphatic carbocycles. The highest BCUT2D eigenvalue weighted by atomic mass is 16.5. The summed E-state index contributed by atoms with van der Waals surface area (Å²) in [6.45, 7) is 3.71. The van der Waals surface area contributed by atoms with E-state index in [-0.39, 0.29) is 0 Å². The van der Waals surface area contributed by atoms with Crippen LogP contribution in [0.15, 0.2) is 0 Å². The normalized spacial score (nSPS) is 16.0. The number of ether oxygens (including phenoxy) is 1. The zero-order chi connectivity index (χ0) is 13.5. The number of aliphatic carboxylic acids is 1. The zero-order valence-corrected chi connectivity index (χ0v) is 10.7. The highest BCUT2D eigenvalue weighted by molar-refractivity contribution is 5.89. The first-order valence-electron chi connectivity index (χ1n) is 5.67. The van der Waals surface area contributed by atoms with E-state index >= 15 is 0 Å². The van der Waals surface area contributed by atoms with Crippen molar-refractivity contribution in [2.24, 2.45) is 5.73 Å². The Labute approximate surface area is 102 Å². The predicted octanol–water partition coefficient (Wildman–Crippen LogP) is 0.110. The fourth-order valence-corrected chi connectivity index (χ4v) is 1.46. The van der Waals surface area contributed by atoms with Gasteiger partial charge in [-0.25, -0.2) is 4.79 Å². The Bertz CT molecular complexity index is 270. The molecule has 0 aromatic rings. The van der Waals surface area contributed by atoms with E-state index in [0.29, 0.717) is 25.9 Å². The minimum Gasteiger partial charge on any atom is -0.480 e. The largest absolute Gasteiger partial charge is 0.480 e. The van der Waals surface area contributed by atoms with Crippen molar-refractivity contribution < 1.29 is 19.4 Å². The van der Waals surface area contributed by atoms with Gasteiger partial charge in [-0.3, -0.25) is 4.79 Å². The van der Waals surface area contributed by atoms with Gasteiger partial charge in [-0.1, -0.05) is 13.3 Å². The molecule has 6 heteroatoms. The molecule has 4 N–H and O–H groups in total. The molecule has 17 heavy (non-hydrogen) atoms. The second-order valence-corrected chi connectivity index (χ2v) is 4.26. The quantitative estimate of drug-likeness (QED) is 0.564. The highest BCUT2D eigenvalue weighted by Crippen LogP contribution is 2.12. The number of carboxylic acid groups (broad SMARTS) is 1. The van der Waals surface area contributed by atoms with Crippen LogP contribution in [0.4, 0.5) is 0 Å². The summed E-state index contributed by atoms with van der Waals surface area (Å²) in [7, 11) is 1.52. The number of hydrogen-bond acceptors (Lipinski definition) is 4. The molecule has 0 aromatic heterocycles. The molecule has 0 aliphatic heterocycles. The molecule has 0 aliphatic rings. The molecule has 100 valence electrons. The van der Waals surface area contributed by atoms with Gasteiger partial charge in [0, 0.05) is 13.7 Å². The molecule has 0 bridgehead atoms. The van der Waals surface area contributed by atoms with E-state index in [0.717, 1.165) is 0 Å². The van der Waals surface area contributed by atoms with E-state index < -0.39 is 23.5 Å². The average Bonchev–Trinajstić information content (AvgIpc) is 2.25. The van der Waals surface area contributed by atoms with Crippen LogP contribution in [0.2, 0.25) is 0 Å². The molecule has 0 heterocycles. The van der Waals surface area contributed by atoms with Crippen molar-refractivity contribution >= 4 is 11.9 Å². The van der Waals surface area contributed by atoms with Crippen LogP contribution in [-0.4, -0.2) is 42.3 Å². The number of carbonyl (C=O) groups excluding carboxylic acids is 1. The predicted molar refractivity (Wildman–Crippen MR) is 63.6 cm³/mol. The molecule has 2 atom stereocenters. The molecule has 0 saturated carbocycles. The monoisotopic (exact) mass is 246 g/mol. The van der Waals surface area contributed by atoms with Gasteiger partial charge in [-0.2, -0.15) is 0 Å². The number of hydrogen-bond donors (Lipinski definition) is 3. The lowest BCUT2D eigenvalue weighted by atomic mass is 9.95. The van der Waals surface area contributed by atoms with Crippen LogP contribution in [0, 0.1) is 0 Å². The van der Waals surface area contributed by atoms with Crippen molar-refractivity contribution in [1.82, 2.24) is 5.32 Å². The molecule has 0 fully saturated rings. The molecule has 0 spiro atoms. The Morgan fingerprint density at radius 1 is 1.53 bits per heavy atom. The number of nitrogens with two attached hydrogens (primary N) is 1. The van der Waals surface area contributed by atoms with E-state index in [1.54, 1.807) is 0 Å². The Hall–Kier alpha value is -1.14. The van der Waals surface area contributed by atoms with Crippen molar-refractivity contribution in [3.05, 3.63) is 0 Å². The van der Waals surface area contributed by atoms with Crippen LogP contribution in [-0.2, 0) is 14.3 Å². The van der Waals surface area contributed by atoms with E-state index in [4.69, 9.17) is 15.6 Å². The third-order valence-corrected chi connectivity index (χ3v) is 2.59. The summed E-state index contributed by atoms with van der Waals surface area (Å²) in [5, 5.41) is 11.6. The maximum atomic E-state index is 11.7. The fourth-order valence-electron chi connectivity index (χ4n) is 1.46. The van der Waals surface area contributed by atoms with Crippen molar-refractivity contribution in [1.29, 1.82) is 0 Å². The molecule has 6 nitrogen and oxygen atoms in total. The topological polar surface area (TPSA) is 102 Å². The van der Waals surface area contributed by atoms with Crippen LogP contribution in [0.5, 0.6) is 0 Å². The maximum Gasteiger partial charge on any atom is 0.329 e. The summed E-state index contributed by atoms with van der Waals surface area (Å²) in [6, 6.07) is -0.745. The van der Waals surface area contributed by atoms with Gasteiger partial charge < -0.3 is 20.9 Å². The van der Waals surface area contributed by atoms with Gasteiger partial charge in [-0.15, -0.1) is 0 Å². The molecule has 2 unspecified atom stereocenters. The molecular weight excluding hydrogens is 224 g/mol. The smallest absolute Gasteiger partial charge is 0.329 e. The first-order valence-corrected chi connectivity index (χ1v) is 5.67. The number of amides is 1. The standard InChI is InChI=1S/C11H22N2O4/c1-4-6-11(2,10(15)16)13-9(14)8(12)5-7-17-3/h8H,4-7,12H2,1-3H3,(H,13,14)(H,15,16). The summed E-state index contributed by atoms with van der Waals surface area (Å²) < 4.78 is 4.81. The van der Waals surface area contributed by atoms with Gasteiger partial charge in [0.15, 0.2) is 0 Å². The number of rotatable bonds is 8. The van der Waals surface area contributed by atoms with Gasteiger partial charge in [-0.05, 0) is 19.8 Å². The third-order valence-electron chi connectivity index (χ3n) is 2.59. The molecule has 0 radical (unpaired) electrons. The maximum absolute atomic E-state index is 11.7. The number of nitrogens with one attached hydrogen (secondary N) is 1. The van der Waals surface area contributed by atoms with Gasteiger partial charge >= 0.3 is 5.97 Å². The first kappa shape index (κ1) is 15.9. The van der Waals surface area contributed by atoms with Crippen LogP contribution >= 0.6 is 0 Å². The number of carboxylic acids is 1. The first-order chi connectivity index (χ1) is 7.87. The number of methoxy groups -OCH3 is 1. The Morgan fingerprint density at radius 2 is 2.12 bits per heavy atom. The van der Waals surface area contributed by atoms with Crippen LogP contribution in [0.25, 0.3) is 0 Å². The molecule has 1 amide bonds. The lowest BCUT2D eigenvalue weighted by Gasteiger charge is -2.27. The van der Waals surface area contributed by atoms with Gasteiger partial charge in [0.25, 0.3) is 0 Å². The minimum atomic E-state index is -1.25. The Kier molecular flexibility index (Phi) is 6.75. The lowest BCUT2D eigenvalue weighted by molar-refractivity contribution is -0.147. The third kappa shape index (κ3) is 5.14. The van der Waals surface area contributed by atoms with E-state index in [1.165, 1.54) is 14.0 Å². The number of carbonyl (C=O) groups is 2. The Balaban J connectivity index is 4.45. The van der Waals surface area contributed by atoms with Crippen molar-refractivity contribution in [3.63, 3.8) is 0 Å². The minimum absolute atomic E-state index is 0.365. The van der Waals surface area contributed by atoms with Crippen LogP contribution in [0.1, 0.15) is 33.1 Å². The van der Waals surface area contributed by atoms with E-state index in [1.807, 2.05) is 6.92 Å². The second kappa shape index (κ2) is 7.24. The molecule has 0 aromatic carbocycles. The average molecular weight is 246 g/mol. The fraction of sp³-hybridized carbons (Fsp3) is 0.818. The zero-order valence-electron chi connectivity index (χ0n) is 10.7. The van der Waals surface area contributed by atoms with Crippen molar-refractivity contribution in [3.8, 4) is 0 Å². The molecular formula is C11H22N2O4. The van der Waals surface area contributed by atoms with Gasteiger partial charge in [0.1, 0.15) is 5.54 Å².